The maximum atomic E-state index is 12.5. The first-order chi connectivity index (χ1) is 9.56. The quantitative estimate of drug-likeness (QED) is 0.764. The fourth-order valence-corrected chi connectivity index (χ4v) is 3.41. The predicted molar refractivity (Wildman–Crippen MR) is 78.3 cm³/mol. The Bertz CT molecular complexity index is 368. The molecule has 0 radical (unpaired) electrons. The predicted octanol–water partition coefficient (Wildman–Crippen LogP) is 0.986. The SMILES string of the molecule is CCC(CC)N1C(=O)CC(NC2CCCN(C)C2)C1=O. The lowest BCUT2D eigenvalue weighted by Gasteiger charge is -2.32. The van der Waals surface area contributed by atoms with Crippen LogP contribution in [0.3, 0.4) is 0 Å². The third kappa shape index (κ3) is 3.20. The third-order valence-electron chi connectivity index (χ3n) is 4.55. The molecule has 0 aliphatic carbocycles. The van der Waals surface area contributed by atoms with Gasteiger partial charge in [-0.2, -0.15) is 0 Å². The molecule has 114 valence electrons. The molecule has 5 nitrogen and oxygen atoms in total. The van der Waals surface area contributed by atoms with E-state index in [4.69, 9.17) is 0 Å². The van der Waals surface area contributed by atoms with Gasteiger partial charge in [0.25, 0.3) is 0 Å². The van der Waals surface area contributed by atoms with Crippen LogP contribution in [0.1, 0.15) is 46.0 Å². The summed E-state index contributed by atoms with van der Waals surface area (Å²) in [6.07, 6.45) is 4.25. The number of nitrogens with zero attached hydrogens (tertiary/aromatic N) is 2. The molecule has 0 spiro atoms. The molecular formula is C15H27N3O2. The van der Waals surface area contributed by atoms with E-state index in [-0.39, 0.29) is 23.9 Å². The number of piperidine rings is 1. The van der Waals surface area contributed by atoms with Crippen LogP contribution in [-0.2, 0) is 9.59 Å². The molecule has 2 heterocycles. The van der Waals surface area contributed by atoms with Crippen molar-refractivity contribution in [3.63, 3.8) is 0 Å². The Balaban J connectivity index is 1.97. The standard InChI is InChI=1S/C15H27N3O2/c1-4-12(5-2)18-14(19)9-13(15(18)20)16-11-7-6-8-17(3)10-11/h11-13,16H,4-10H2,1-3H3. The summed E-state index contributed by atoms with van der Waals surface area (Å²) in [6.45, 7) is 6.15. The highest BCUT2D eigenvalue weighted by Gasteiger charge is 2.42. The number of likely N-dealkylation sites (tertiary alicyclic amines) is 2. The molecule has 0 bridgehead atoms. The number of rotatable bonds is 5. The highest BCUT2D eigenvalue weighted by molar-refractivity contribution is 6.05. The van der Waals surface area contributed by atoms with Gasteiger partial charge in [0.05, 0.1) is 12.5 Å². The normalized spacial score (nSPS) is 28.7. The van der Waals surface area contributed by atoms with E-state index >= 15 is 0 Å². The van der Waals surface area contributed by atoms with E-state index in [2.05, 4.69) is 17.3 Å². The van der Waals surface area contributed by atoms with E-state index in [9.17, 15) is 9.59 Å². The van der Waals surface area contributed by atoms with Crippen LogP contribution in [-0.4, -0.2) is 59.9 Å². The fraction of sp³-hybridized carbons (Fsp3) is 0.867. The Labute approximate surface area is 121 Å². The first-order valence-corrected chi connectivity index (χ1v) is 7.87. The minimum atomic E-state index is -0.306. The van der Waals surface area contributed by atoms with Crippen molar-refractivity contribution in [3.05, 3.63) is 0 Å². The van der Waals surface area contributed by atoms with Crippen molar-refractivity contribution in [2.24, 2.45) is 0 Å². The lowest BCUT2D eigenvalue weighted by Crippen LogP contribution is -2.51. The van der Waals surface area contributed by atoms with Gasteiger partial charge in [-0.1, -0.05) is 13.8 Å². The van der Waals surface area contributed by atoms with E-state index in [0.29, 0.717) is 12.5 Å². The number of hydrogen-bond acceptors (Lipinski definition) is 4. The number of hydrogen-bond donors (Lipinski definition) is 1. The second kappa shape index (κ2) is 6.68. The summed E-state index contributed by atoms with van der Waals surface area (Å²) in [7, 11) is 2.10. The lowest BCUT2D eigenvalue weighted by molar-refractivity contribution is -0.141. The van der Waals surface area contributed by atoms with Gasteiger partial charge in [0.15, 0.2) is 0 Å². The molecule has 2 unspecified atom stereocenters. The van der Waals surface area contributed by atoms with E-state index in [1.54, 1.807) is 0 Å². The first-order valence-electron chi connectivity index (χ1n) is 7.87. The van der Waals surface area contributed by atoms with Gasteiger partial charge >= 0.3 is 0 Å². The summed E-state index contributed by atoms with van der Waals surface area (Å²) in [5.41, 5.74) is 0. The van der Waals surface area contributed by atoms with Crippen LogP contribution < -0.4 is 5.32 Å². The Hall–Kier alpha value is -0.940. The molecule has 0 aromatic heterocycles. The summed E-state index contributed by atoms with van der Waals surface area (Å²) in [5.74, 6) is -0.0257. The van der Waals surface area contributed by atoms with Gasteiger partial charge in [-0.05, 0) is 39.3 Å². The van der Waals surface area contributed by atoms with Gasteiger partial charge in [-0.25, -0.2) is 0 Å². The molecule has 2 rings (SSSR count). The molecule has 2 amide bonds. The Morgan fingerprint density at radius 1 is 1.30 bits per heavy atom. The smallest absolute Gasteiger partial charge is 0.247 e. The molecule has 0 aromatic carbocycles. The molecule has 2 fully saturated rings. The van der Waals surface area contributed by atoms with Crippen LogP contribution in [0.4, 0.5) is 0 Å². The van der Waals surface area contributed by atoms with Gasteiger partial charge in [0.1, 0.15) is 0 Å². The third-order valence-corrected chi connectivity index (χ3v) is 4.55. The van der Waals surface area contributed by atoms with E-state index < -0.39 is 0 Å². The first kappa shape index (κ1) is 15.4. The zero-order valence-corrected chi connectivity index (χ0v) is 12.9. The fourth-order valence-electron chi connectivity index (χ4n) is 3.41. The summed E-state index contributed by atoms with van der Waals surface area (Å²) in [5, 5.41) is 3.41. The molecule has 2 aliphatic heterocycles. The van der Waals surface area contributed by atoms with E-state index in [1.807, 2.05) is 13.8 Å². The summed E-state index contributed by atoms with van der Waals surface area (Å²) < 4.78 is 0. The lowest BCUT2D eigenvalue weighted by atomic mass is 10.0. The molecule has 5 heteroatoms. The van der Waals surface area contributed by atoms with Crippen molar-refractivity contribution in [1.82, 2.24) is 15.1 Å². The zero-order valence-electron chi connectivity index (χ0n) is 12.9. The van der Waals surface area contributed by atoms with Crippen molar-refractivity contribution in [3.8, 4) is 0 Å². The summed E-state index contributed by atoms with van der Waals surface area (Å²) in [4.78, 5) is 28.4. The van der Waals surface area contributed by atoms with Crippen LogP contribution in [0.25, 0.3) is 0 Å². The molecule has 0 saturated carbocycles. The van der Waals surface area contributed by atoms with Crippen LogP contribution in [0.15, 0.2) is 0 Å². The molecular weight excluding hydrogens is 254 g/mol. The van der Waals surface area contributed by atoms with Gasteiger partial charge in [0, 0.05) is 18.6 Å². The van der Waals surface area contributed by atoms with Crippen LogP contribution in [0.2, 0.25) is 0 Å². The number of likely N-dealkylation sites (N-methyl/N-ethyl adjacent to an activating group) is 1. The van der Waals surface area contributed by atoms with Crippen LogP contribution in [0, 0.1) is 0 Å². The van der Waals surface area contributed by atoms with Gasteiger partial charge in [-0.3, -0.25) is 14.5 Å². The van der Waals surface area contributed by atoms with Crippen molar-refractivity contribution in [2.45, 2.75) is 64.1 Å². The molecule has 0 aromatic rings. The van der Waals surface area contributed by atoms with Crippen molar-refractivity contribution in [1.29, 1.82) is 0 Å². The maximum absolute atomic E-state index is 12.5. The van der Waals surface area contributed by atoms with E-state index in [1.165, 1.54) is 4.90 Å². The largest absolute Gasteiger partial charge is 0.305 e. The van der Waals surface area contributed by atoms with E-state index in [0.717, 1.165) is 38.8 Å². The molecule has 20 heavy (non-hydrogen) atoms. The highest BCUT2D eigenvalue weighted by atomic mass is 16.2. The van der Waals surface area contributed by atoms with Crippen LogP contribution >= 0.6 is 0 Å². The summed E-state index contributed by atoms with van der Waals surface area (Å²) in [6, 6.07) is 0.0904. The Morgan fingerprint density at radius 3 is 2.60 bits per heavy atom. The zero-order chi connectivity index (χ0) is 14.7. The van der Waals surface area contributed by atoms with Crippen molar-refractivity contribution < 1.29 is 9.59 Å². The Morgan fingerprint density at radius 2 is 2.00 bits per heavy atom. The number of nitrogens with one attached hydrogen (secondary N) is 1. The molecule has 2 atom stereocenters. The topological polar surface area (TPSA) is 52.7 Å². The number of imide groups is 1. The number of carbonyl (C=O) groups excluding carboxylic acids is 2. The average molecular weight is 281 g/mol. The minimum Gasteiger partial charge on any atom is -0.305 e. The van der Waals surface area contributed by atoms with Gasteiger partial charge in [-0.15, -0.1) is 0 Å². The monoisotopic (exact) mass is 281 g/mol. The van der Waals surface area contributed by atoms with Crippen molar-refractivity contribution >= 4 is 11.8 Å². The summed E-state index contributed by atoms with van der Waals surface area (Å²) >= 11 is 0. The average Bonchev–Trinajstić information content (AvgIpc) is 2.68. The molecule has 2 aliphatic rings. The number of carbonyl (C=O) groups is 2. The Kier molecular flexibility index (Phi) is 5.16. The number of amides is 2. The highest BCUT2D eigenvalue weighted by Crippen LogP contribution is 2.21. The second-order valence-electron chi connectivity index (χ2n) is 6.10. The molecule has 2 saturated heterocycles. The van der Waals surface area contributed by atoms with Gasteiger partial charge in [0.2, 0.25) is 11.8 Å². The minimum absolute atomic E-state index is 0.00892. The second-order valence-corrected chi connectivity index (χ2v) is 6.10. The van der Waals surface area contributed by atoms with Crippen LogP contribution in [0.5, 0.6) is 0 Å². The van der Waals surface area contributed by atoms with Gasteiger partial charge < -0.3 is 10.2 Å². The maximum Gasteiger partial charge on any atom is 0.247 e. The van der Waals surface area contributed by atoms with Crippen molar-refractivity contribution in [2.75, 3.05) is 20.1 Å². The molecule has 1 N–H and O–H groups in total.